The fourth-order valence-corrected chi connectivity index (χ4v) is 4.53. The second-order valence-corrected chi connectivity index (χ2v) is 8.16. The molecule has 1 saturated heterocycles. The molecule has 1 heterocycles. The highest BCUT2D eigenvalue weighted by Crippen LogP contribution is 2.33. The predicted molar refractivity (Wildman–Crippen MR) is 117 cm³/mol. The van der Waals surface area contributed by atoms with Gasteiger partial charge in [-0.3, -0.25) is 14.5 Å². The van der Waals surface area contributed by atoms with E-state index in [0.717, 1.165) is 0 Å². The monoisotopic (exact) mass is 446 g/mol. The van der Waals surface area contributed by atoms with E-state index in [9.17, 15) is 9.59 Å². The normalized spacial score (nSPS) is 17.4. The molecule has 0 saturated carbocycles. The van der Waals surface area contributed by atoms with Crippen LogP contribution in [-0.4, -0.2) is 33.7 Å². The van der Waals surface area contributed by atoms with E-state index >= 15 is 0 Å². The summed E-state index contributed by atoms with van der Waals surface area (Å²) < 4.78 is 0. The van der Waals surface area contributed by atoms with Gasteiger partial charge in [-0.05, 0) is 37.3 Å². The quantitative estimate of drug-likeness (QED) is 0.711. The van der Waals surface area contributed by atoms with Crippen molar-refractivity contribution in [3.8, 4) is 6.07 Å². The molecule has 0 radical (unpaired) electrons. The van der Waals surface area contributed by atoms with Gasteiger partial charge < -0.3 is 5.32 Å². The number of amidine groups is 1. The number of carbonyl (C=O) groups excluding carboxylic acids is 2. The van der Waals surface area contributed by atoms with Crippen molar-refractivity contribution in [3.63, 3.8) is 0 Å². The summed E-state index contributed by atoms with van der Waals surface area (Å²) >= 11 is 13.3. The summed E-state index contributed by atoms with van der Waals surface area (Å²) in [6, 6.07) is 13.6. The van der Waals surface area contributed by atoms with Crippen LogP contribution in [0.25, 0.3) is 0 Å². The second kappa shape index (κ2) is 9.31. The van der Waals surface area contributed by atoms with Crippen molar-refractivity contribution in [1.82, 2.24) is 4.90 Å². The van der Waals surface area contributed by atoms with E-state index in [1.165, 1.54) is 16.7 Å². The molecule has 1 unspecified atom stereocenters. The molecule has 1 N–H and O–H groups in total. The van der Waals surface area contributed by atoms with Crippen LogP contribution in [0, 0.1) is 11.3 Å². The number of thioether (sulfide) groups is 1. The summed E-state index contributed by atoms with van der Waals surface area (Å²) in [6.45, 7) is 2.26. The number of benzene rings is 2. The summed E-state index contributed by atoms with van der Waals surface area (Å²) in [5.74, 6) is -0.533. The van der Waals surface area contributed by atoms with E-state index in [-0.39, 0.29) is 18.2 Å². The van der Waals surface area contributed by atoms with Crippen molar-refractivity contribution in [1.29, 1.82) is 5.26 Å². The van der Waals surface area contributed by atoms with Gasteiger partial charge in [-0.1, -0.05) is 47.1 Å². The minimum absolute atomic E-state index is 0.0327. The summed E-state index contributed by atoms with van der Waals surface area (Å²) in [4.78, 5) is 31.2. The zero-order valence-corrected chi connectivity index (χ0v) is 17.7. The minimum atomic E-state index is -0.599. The lowest BCUT2D eigenvalue weighted by Gasteiger charge is -2.13. The van der Waals surface area contributed by atoms with Crippen LogP contribution in [0.5, 0.6) is 0 Å². The third-order valence-corrected chi connectivity index (χ3v) is 5.71. The Morgan fingerprint density at radius 3 is 2.62 bits per heavy atom. The lowest BCUT2D eigenvalue weighted by molar-refractivity contribution is -0.128. The molecule has 2 aromatic carbocycles. The Morgan fingerprint density at radius 2 is 1.97 bits per heavy atom. The van der Waals surface area contributed by atoms with Crippen LogP contribution < -0.4 is 5.32 Å². The van der Waals surface area contributed by atoms with Gasteiger partial charge in [-0.15, -0.1) is 0 Å². The highest BCUT2D eigenvalue weighted by Gasteiger charge is 2.38. The van der Waals surface area contributed by atoms with Crippen LogP contribution in [0.4, 0.5) is 11.4 Å². The zero-order chi connectivity index (χ0) is 21.0. The molecular formula is C20H16Cl2N4O2S. The van der Waals surface area contributed by atoms with Gasteiger partial charge in [0.2, 0.25) is 11.8 Å². The number of nitrogens with one attached hydrogen (secondary N) is 1. The van der Waals surface area contributed by atoms with Crippen molar-refractivity contribution in [2.45, 2.75) is 18.6 Å². The summed E-state index contributed by atoms with van der Waals surface area (Å²) in [6.07, 6.45) is -0.0327. The van der Waals surface area contributed by atoms with E-state index in [1.807, 2.05) is 13.0 Å². The van der Waals surface area contributed by atoms with Crippen LogP contribution >= 0.6 is 35.0 Å². The van der Waals surface area contributed by atoms with E-state index < -0.39 is 5.25 Å². The predicted octanol–water partition coefficient (Wildman–Crippen LogP) is 4.85. The molecule has 0 spiro atoms. The first kappa shape index (κ1) is 21.2. The number of halogens is 2. The van der Waals surface area contributed by atoms with Crippen molar-refractivity contribution < 1.29 is 9.59 Å². The number of rotatable bonds is 5. The molecule has 1 aliphatic heterocycles. The number of carbonyl (C=O) groups is 2. The van der Waals surface area contributed by atoms with E-state index in [2.05, 4.69) is 10.3 Å². The van der Waals surface area contributed by atoms with Gasteiger partial charge in [0.15, 0.2) is 5.17 Å². The third-order valence-electron chi connectivity index (χ3n) is 4.10. The van der Waals surface area contributed by atoms with Gasteiger partial charge in [0, 0.05) is 23.0 Å². The van der Waals surface area contributed by atoms with Crippen LogP contribution in [-0.2, 0) is 9.59 Å². The van der Waals surface area contributed by atoms with E-state index in [0.29, 0.717) is 38.7 Å². The maximum atomic E-state index is 12.7. The molecule has 2 aromatic rings. The molecule has 1 fully saturated rings. The third kappa shape index (κ3) is 5.10. The molecule has 2 amide bonds. The molecule has 148 valence electrons. The van der Waals surface area contributed by atoms with Gasteiger partial charge in [-0.2, -0.15) is 5.26 Å². The van der Waals surface area contributed by atoms with Gasteiger partial charge in [0.1, 0.15) is 11.3 Å². The number of para-hydroxylation sites is 1. The van der Waals surface area contributed by atoms with Gasteiger partial charge in [-0.25, -0.2) is 4.99 Å². The average molecular weight is 447 g/mol. The second-order valence-electron chi connectivity index (χ2n) is 6.12. The number of aliphatic imine (C=N–C) groups is 1. The fourth-order valence-electron chi connectivity index (χ4n) is 2.79. The largest absolute Gasteiger partial charge is 0.325 e. The maximum Gasteiger partial charge on any atom is 0.242 e. The molecule has 9 heteroatoms. The number of nitriles is 1. The number of hydrogen-bond donors (Lipinski definition) is 1. The Hall–Kier alpha value is -2.53. The summed E-state index contributed by atoms with van der Waals surface area (Å²) in [7, 11) is 0. The maximum absolute atomic E-state index is 12.7. The molecule has 3 rings (SSSR count). The zero-order valence-electron chi connectivity index (χ0n) is 15.4. The SMILES string of the molecule is CCN1C(=O)C(CC(=O)Nc2ccccc2C#N)SC1=Nc1cc(Cl)cc(Cl)c1. The molecule has 0 bridgehead atoms. The molecule has 1 aliphatic rings. The molecule has 0 aliphatic carbocycles. The molecule has 1 atom stereocenters. The Balaban J connectivity index is 1.75. The van der Waals surface area contributed by atoms with Gasteiger partial charge >= 0.3 is 0 Å². The molecular weight excluding hydrogens is 431 g/mol. The first-order valence-electron chi connectivity index (χ1n) is 8.73. The van der Waals surface area contributed by atoms with Crippen LogP contribution in [0.1, 0.15) is 18.9 Å². The Kier molecular flexibility index (Phi) is 6.80. The Morgan fingerprint density at radius 1 is 1.28 bits per heavy atom. The first-order valence-corrected chi connectivity index (χ1v) is 10.4. The Labute approximate surface area is 182 Å². The summed E-state index contributed by atoms with van der Waals surface area (Å²) in [5, 5.41) is 12.6. The van der Waals surface area contributed by atoms with Crippen molar-refractivity contribution in [2.24, 2.45) is 4.99 Å². The molecule has 29 heavy (non-hydrogen) atoms. The van der Waals surface area contributed by atoms with Crippen LogP contribution in [0.15, 0.2) is 47.5 Å². The van der Waals surface area contributed by atoms with E-state index in [1.54, 1.807) is 42.5 Å². The first-order chi connectivity index (χ1) is 13.9. The highest BCUT2D eigenvalue weighted by molar-refractivity contribution is 8.15. The minimum Gasteiger partial charge on any atom is -0.325 e. The van der Waals surface area contributed by atoms with Gasteiger partial charge in [0.25, 0.3) is 0 Å². The number of amides is 2. The van der Waals surface area contributed by atoms with Crippen LogP contribution in [0.3, 0.4) is 0 Å². The number of nitrogens with zero attached hydrogens (tertiary/aromatic N) is 3. The smallest absolute Gasteiger partial charge is 0.242 e. The highest BCUT2D eigenvalue weighted by atomic mass is 35.5. The van der Waals surface area contributed by atoms with Crippen molar-refractivity contribution in [2.75, 3.05) is 11.9 Å². The number of hydrogen-bond acceptors (Lipinski definition) is 5. The average Bonchev–Trinajstić information content (AvgIpc) is 2.95. The molecule has 0 aromatic heterocycles. The van der Waals surface area contributed by atoms with Crippen molar-refractivity contribution in [3.05, 3.63) is 58.1 Å². The lowest BCUT2D eigenvalue weighted by Crippen LogP contribution is -2.33. The van der Waals surface area contributed by atoms with Crippen LogP contribution in [0.2, 0.25) is 10.0 Å². The summed E-state index contributed by atoms with van der Waals surface area (Å²) in [5.41, 5.74) is 1.32. The Bertz CT molecular complexity index is 1020. The lowest BCUT2D eigenvalue weighted by atomic mass is 10.2. The number of anilines is 1. The van der Waals surface area contributed by atoms with Crippen molar-refractivity contribution >= 4 is 63.3 Å². The molecule has 6 nitrogen and oxygen atoms in total. The van der Waals surface area contributed by atoms with Gasteiger partial charge in [0.05, 0.1) is 16.9 Å². The van der Waals surface area contributed by atoms with E-state index in [4.69, 9.17) is 28.5 Å². The standard InChI is InChI=1S/C20H16Cl2N4O2S/c1-2-26-19(28)17(10-18(27)25-16-6-4-3-5-12(16)11-23)29-20(26)24-15-8-13(21)7-14(22)9-15/h3-9,17H,2,10H2,1H3,(H,25,27). The topological polar surface area (TPSA) is 85.6 Å². The fraction of sp³-hybridized carbons (Fsp3) is 0.200.